The van der Waals surface area contributed by atoms with Crippen LogP contribution in [0, 0.1) is 0 Å². The van der Waals surface area contributed by atoms with Crippen molar-refractivity contribution in [2.75, 3.05) is 21.3 Å². The van der Waals surface area contributed by atoms with Crippen LogP contribution in [0.5, 0.6) is 17.2 Å². The van der Waals surface area contributed by atoms with E-state index in [4.69, 9.17) is 14.2 Å². The minimum atomic E-state index is -0.798. The number of methoxy groups -OCH3 is 3. The Balaban J connectivity index is 1.98. The summed E-state index contributed by atoms with van der Waals surface area (Å²) in [7, 11) is 4.54. The number of benzene rings is 2. The number of carbonyl (C=O) groups excluding carboxylic acids is 2. The Morgan fingerprint density at radius 2 is 1.56 bits per heavy atom. The maximum atomic E-state index is 13.3. The zero-order chi connectivity index (χ0) is 22.8. The molecule has 1 amide bonds. The zero-order valence-corrected chi connectivity index (χ0v) is 18.5. The smallest absolute Gasteiger partial charge is 0.295 e. The Labute approximate surface area is 187 Å². The van der Waals surface area contributed by atoms with E-state index in [1.165, 1.54) is 21.3 Å². The van der Waals surface area contributed by atoms with Crippen LogP contribution in [0.15, 0.2) is 48.0 Å². The number of hydrogen-bond acceptors (Lipinski definition) is 6. The third kappa shape index (κ3) is 3.47. The monoisotopic (exact) mass is 437 g/mol. The number of para-hydroxylation sites is 2. The summed E-state index contributed by atoms with van der Waals surface area (Å²) in [6, 6.07) is 11.3. The van der Waals surface area contributed by atoms with Crippen molar-refractivity contribution in [1.29, 1.82) is 0 Å². The van der Waals surface area contributed by atoms with Crippen LogP contribution in [0.2, 0.25) is 0 Å². The van der Waals surface area contributed by atoms with Crippen LogP contribution < -0.4 is 14.2 Å². The molecule has 168 valence electrons. The highest BCUT2D eigenvalue weighted by Crippen LogP contribution is 2.48. The lowest BCUT2D eigenvalue weighted by molar-refractivity contribution is -0.141. The molecular formula is C25H27NO6. The summed E-state index contributed by atoms with van der Waals surface area (Å²) in [5.74, 6) is -0.266. The quantitative estimate of drug-likeness (QED) is 0.417. The van der Waals surface area contributed by atoms with Crippen molar-refractivity contribution in [1.82, 2.24) is 4.90 Å². The summed E-state index contributed by atoms with van der Waals surface area (Å²) in [5.41, 5.74) is 0.971. The molecule has 1 saturated carbocycles. The Morgan fingerprint density at radius 3 is 2.22 bits per heavy atom. The third-order valence-corrected chi connectivity index (χ3v) is 6.29. The molecule has 0 aromatic heterocycles. The van der Waals surface area contributed by atoms with Crippen LogP contribution in [0.25, 0.3) is 5.76 Å². The fourth-order valence-electron chi connectivity index (χ4n) is 4.83. The predicted octanol–water partition coefficient (Wildman–Crippen LogP) is 4.08. The number of ether oxygens (including phenoxy) is 3. The van der Waals surface area contributed by atoms with Gasteiger partial charge in [0.1, 0.15) is 11.5 Å². The van der Waals surface area contributed by atoms with Gasteiger partial charge in [-0.25, -0.2) is 0 Å². The number of nitrogens with zero attached hydrogens (tertiary/aromatic N) is 1. The molecule has 0 bridgehead atoms. The highest BCUT2D eigenvalue weighted by atomic mass is 16.5. The number of rotatable bonds is 6. The average molecular weight is 437 g/mol. The molecule has 1 aliphatic heterocycles. The molecule has 2 aliphatic rings. The summed E-state index contributed by atoms with van der Waals surface area (Å²) >= 11 is 0. The van der Waals surface area contributed by atoms with Crippen molar-refractivity contribution in [3.05, 3.63) is 59.2 Å². The van der Waals surface area contributed by atoms with Crippen LogP contribution in [0.1, 0.15) is 42.9 Å². The first-order chi connectivity index (χ1) is 15.5. The van der Waals surface area contributed by atoms with E-state index in [2.05, 4.69) is 0 Å². The van der Waals surface area contributed by atoms with Crippen molar-refractivity contribution in [3.63, 3.8) is 0 Å². The van der Waals surface area contributed by atoms with E-state index in [0.29, 0.717) is 28.4 Å². The Morgan fingerprint density at radius 1 is 0.906 bits per heavy atom. The number of carbonyl (C=O) groups is 2. The number of ketones is 1. The first-order valence-corrected chi connectivity index (χ1v) is 10.7. The number of aliphatic hydroxyl groups is 1. The van der Waals surface area contributed by atoms with Crippen molar-refractivity contribution >= 4 is 17.4 Å². The maximum Gasteiger partial charge on any atom is 0.295 e. The molecule has 4 rings (SSSR count). The third-order valence-electron chi connectivity index (χ3n) is 6.29. The second-order valence-electron chi connectivity index (χ2n) is 7.93. The van der Waals surface area contributed by atoms with E-state index in [-0.39, 0.29) is 17.4 Å². The van der Waals surface area contributed by atoms with Gasteiger partial charge in [0.2, 0.25) is 0 Å². The topological polar surface area (TPSA) is 85.3 Å². The van der Waals surface area contributed by atoms with Gasteiger partial charge in [0.05, 0.1) is 38.5 Å². The van der Waals surface area contributed by atoms with Gasteiger partial charge in [0.25, 0.3) is 11.7 Å². The molecule has 32 heavy (non-hydrogen) atoms. The summed E-state index contributed by atoms with van der Waals surface area (Å²) < 4.78 is 16.5. The van der Waals surface area contributed by atoms with Gasteiger partial charge in [-0.1, -0.05) is 37.1 Å². The Hall–Kier alpha value is -3.48. The molecule has 1 N–H and O–H groups in total. The molecule has 2 aromatic carbocycles. The number of Topliss-reactive ketones (excluding diaryl/α,β-unsaturated/α-hetero) is 1. The van der Waals surface area contributed by atoms with Crippen LogP contribution in [0.4, 0.5) is 0 Å². The number of aliphatic hydroxyl groups excluding tert-OH is 1. The van der Waals surface area contributed by atoms with E-state index < -0.39 is 17.7 Å². The lowest BCUT2D eigenvalue weighted by Crippen LogP contribution is -2.37. The molecule has 1 atom stereocenters. The van der Waals surface area contributed by atoms with Gasteiger partial charge in [-0.05, 0) is 31.0 Å². The molecule has 1 unspecified atom stereocenters. The van der Waals surface area contributed by atoms with Gasteiger partial charge < -0.3 is 24.2 Å². The number of likely N-dealkylation sites (tertiary alicyclic amines) is 1. The normalized spacial score (nSPS) is 20.6. The largest absolute Gasteiger partial charge is 0.507 e. The first kappa shape index (κ1) is 21.7. The highest BCUT2D eigenvalue weighted by Gasteiger charge is 2.50. The van der Waals surface area contributed by atoms with Crippen molar-refractivity contribution < 1.29 is 28.9 Å². The van der Waals surface area contributed by atoms with Crippen LogP contribution in [-0.4, -0.2) is 49.1 Å². The Kier molecular flexibility index (Phi) is 6.08. The number of hydrogen-bond donors (Lipinski definition) is 1. The van der Waals surface area contributed by atoms with Gasteiger partial charge in [0, 0.05) is 11.6 Å². The lowest BCUT2D eigenvalue weighted by atomic mass is 9.93. The van der Waals surface area contributed by atoms with Gasteiger partial charge in [0.15, 0.2) is 11.5 Å². The zero-order valence-electron chi connectivity index (χ0n) is 18.5. The molecule has 2 aromatic rings. The minimum absolute atomic E-state index is 0.0259. The van der Waals surface area contributed by atoms with Crippen LogP contribution in [-0.2, 0) is 9.59 Å². The predicted molar refractivity (Wildman–Crippen MR) is 119 cm³/mol. The van der Waals surface area contributed by atoms with E-state index in [9.17, 15) is 14.7 Å². The van der Waals surface area contributed by atoms with Crippen molar-refractivity contribution in [3.8, 4) is 17.2 Å². The van der Waals surface area contributed by atoms with Gasteiger partial charge >= 0.3 is 0 Å². The van der Waals surface area contributed by atoms with E-state index >= 15 is 0 Å². The SMILES string of the molecule is COc1ccccc1/C(O)=C1/C(=O)C(=O)N(C2CCCC2)C1c1cccc(OC)c1OC. The van der Waals surface area contributed by atoms with E-state index in [0.717, 1.165) is 25.7 Å². The van der Waals surface area contributed by atoms with Gasteiger partial charge in [-0.2, -0.15) is 0 Å². The second-order valence-corrected chi connectivity index (χ2v) is 7.93. The Bertz CT molecular complexity index is 1070. The minimum Gasteiger partial charge on any atom is -0.507 e. The molecule has 2 fully saturated rings. The summed E-state index contributed by atoms with van der Waals surface area (Å²) in [6.45, 7) is 0. The molecular weight excluding hydrogens is 410 g/mol. The highest BCUT2D eigenvalue weighted by molar-refractivity contribution is 6.46. The summed E-state index contributed by atoms with van der Waals surface area (Å²) in [6.07, 6.45) is 3.60. The standard InChI is InChI=1S/C25H27NO6/c1-30-18-13-7-6-11-16(18)22(27)20-21(17-12-8-14-19(31-2)24(17)32-3)26(25(29)23(20)28)15-9-4-5-10-15/h6-8,11-15,21,27H,4-5,9-10H2,1-3H3/b22-20-. The van der Waals surface area contributed by atoms with E-state index in [1.807, 2.05) is 0 Å². The molecule has 0 radical (unpaired) electrons. The van der Waals surface area contributed by atoms with Gasteiger partial charge in [-0.3, -0.25) is 9.59 Å². The molecule has 0 spiro atoms. The van der Waals surface area contributed by atoms with Crippen LogP contribution >= 0.6 is 0 Å². The lowest BCUT2D eigenvalue weighted by Gasteiger charge is -2.31. The fourth-order valence-corrected chi connectivity index (χ4v) is 4.83. The first-order valence-electron chi connectivity index (χ1n) is 10.7. The van der Waals surface area contributed by atoms with Crippen LogP contribution in [0.3, 0.4) is 0 Å². The molecule has 1 heterocycles. The molecule has 1 aliphatic carbocycles. The van der Waals surface area contributed by atoms with E-state index in [1.54, 1.807) is 47.4 Å². The maximum absolute atomic E-state index is 13.3. The molecule has 1 saturated heterocycles. The van der Waals surface area contributed by atoms with Gasteiger partial charge in [-0.15, -0.1) is 0 Å². The number of amides is 1. The van der Waals surface area contributed by atoms with Crippen molar-refractivity contribution in [2.45, 2.75) is 37.8 Å². The molecule has 7 nitrogen and oxygen atoms in total. The second kappa shape index (κ2) is 8.94. The molecule has 7 heteroatoms. The fraction of sp³-hybridized carbons (Fsp3) is 0.360. The summed E-state index contributed by atoms with van der Waals surface area (Å²) in [5, 5.41) is 11.3. The van der Waals surface area contributed by atoms with Crippen molar-refractivity contribution in [2.24, 2.45) is 0 Å². The summed E-state index contributed by atoms with van der Waals surface area (Å²) in [4.78, 5) is 28.2. The average Bonchev–Trinajstić information content (AvgIpc) is 3.44.